The average molecular weight is 407 g/mol. The summed E-state index contributed by atoms with van der Waals surface area (Å²) in [6, 6.07) is 13.3. The molecule has 7 nitrogen and oxygen atoms in total. The molecule has 0 aliphatic carbocycles. The minimum Gasteiger partial charge on any atom is -0.468 e. The van der Waals surface area contributed by atoms with E-state index in [1.54, 1.807) is 4.90 Å². The molecule has 0 fully saturated rings. The van der Waals surface area contributed by atoms with E-state index in [1.165, 1.54) is 0 Å². The number of carbonyl (C=O) groups excluding carboxylic acids is 1. The molecule has 4 rings (SSSR count). The number of amides is 1. The van der Waals surface area contributed by atoms with Crippen molar-refractivity contribution in [3.05, 3.63) is 60.1 Å². The van der Waals surface area contributed by atoms with Gasteiger partial charge in [0.2, 0.25) is 11.8 Å². The predicted molar refractivity (Wildman–Crippen MR) is 113 cm³/mol. The van der Waals surface area contributed by atoms with Crippen LogP contribution >= 0.6 is 0 Å². The van der Waals surface area contributed by atoms with Crippen LogP contribution in [0, 0.1) is 0 Å². The maximum Gasteiger partial charge on any atom is 0.410 e. The summed E-state index contributed by atoms with van der Waals surface area (Å²) >= 11 is 0. The normalized spacial score (nSPS) is 14.5. The second-order valence-electron chi connectivity index (χ2n) is 8.13. The van der Waals surface area contributed by atoms with Gasteiger partial charge in [0.25, 0.3) is 0 Å². The van der Waals surface area contributed by atoms with Gasteiger partial charge in [-0.3, -0.25) is 0 Å². The van der Waals surface area contributed by atoms with Crippen LogP contribution in [0.3, 0.4) is 0 Å². The molecule has 1 aliphatic heterocycles. The Morgan fingerprint density at radius 1 is 1.13 bits per heavy atom. The molecule has 0 bridgehead atoms. The fourth-order valence-electron chi connectivity index (χ4n) is 3.19. The van der Waals surface area contributed by atoms with E-state index >= 15 is 0 Å². The fraction of sp³-hybridized carbons (Fsp3) is 0.348. The number of hydrogen-bond donors (Lipinski definition) is 0. The number of oxazole rings is 1. The van der Waals surface area contributed by atoms with Crippen LogP contribution in [0.15, 0.2) is 53.0 Å². The highest BCUT2D eigenvalue weighted by molar-refractivity contribution is 5.72. The molecule has 0 N–H and O–H groups in total. The van der Waals surface area contributed by atoms with Crippen molar-refractivity contribution in [1.82, 2.24) is 14.9 Å². The quantitative estimate of drug-likeness (QED) is 0.617. The number of para-hydroxylation sites is 2. The number of nitrogens with zero attached hydrogens (tertiary/aromatic N) is 3. The van der Waals surface area contributed by atoms with Crippen LogP contribution in [0.1, 0.15) is 38.8 Å². The zero-order chi connectivity index (χ0) is 21.1. The van der Waals surface area contributed by atoms with Gasteiger partial charge in [-0.05, 0) is 51.0 Å². The molecule has 30 heavy (non-hydrogen) atoms. The minimum atomic E-state index is -0.497. The van der Waals surface area contributed by atoms with Crippen LogP contribution in [-0.4, -0.2) is 39.7 Å². The fourth-order valence-corrected chi connectivity index (χ4v) is 3.19. The number of hydrogen-bond acceptors (Lipinski definition) is 6. The molecule has 0 radical (unpaired) electrons. The molecule has 0 atom stereocenters. The highest BCUT2D eigenvalue weighted by atomic mass is 16.6. The third-order valence-corrected chi connectivity index (χ3v) is 4.60. The summed E-state index contributed by atoms with van der Waals surface area (Å²) in [5.74, 6) is 1.01. The molecule has 0 saturated carbocycles. The summed E-state index contributed by atoms with van der Waals surface area (Å²) in [7, 11) is 0. The van der Waals surface area contributed by atoms with Crippen molar-refractivity contribution < 1.29 is 18.7 Å². The van der Waals surface area contributed by atoms with E-state index in [0.29, 0.717) is 31.3 Å². The predicted octanol–water partition coefficient (Wildman–Crippen LogP) is 4.83. The lowest BCUT2D eigenvalue weighted by atomic mass is 10.0. The van der Waals surface area contributed by atoms with Crippen molar-refractivity contribution in [3.63, 3.8) is 0 Å². The van der Waals surface area contributed by atoms with Gasteiger partial charge in [0, 0.05) is 19.2 Å². The van der Waals surface area contributed by atoms with Crippen molar-refractivity contribution in [2.75, 3.05) is 13.1 Å². The van der Waals surface area contributed by atoms with Crippen molar-refractivity contribution in [2.45, 2.75) is 39.4 Å². The monoisotopic (exact) mass is 407 g/mol. The van der Waals surface area contributed by atoms with Gasteiger partial charge in [-0.15, -0.1) is 0 Å². The van der Waals surface area contributed by atoms with Gasteiger partial charge in [0.15, 0.2) is 12.2 Å². The Hall–Kier alpha value is -3.35. The second-order valence-corrected chi connectivity index (χ2v) is 8.13. The average Bonchev–Trinajstić information content (AvgIpc) is 3.14. The van der Waals surface area contributed by atoms with Gasteiger partial charge in [0.05, 0.1) is 5.69 Å². The van der Waals surface area contributed by atoms with Crippen LogP contribution < -0.4 is 4.74 Å². The Bertz CT molecular complexity index is 1050. The molecular weight excluding hydrogens is 382 g/mol. The van der Waals surface area contributed by atoms with Crippen LogP contribution in [0.2, 0.25) is 0 Å². The third-order valence-electron chi connectivity index (χ3n) is 4.60. The number of fused-ring (bicyclic) bond motifs is 1. The van der Waals surface area contributed by atoms with E-state index in [9.17, 15) is 4.79 Å². The Morgan fingerprint density at radius 2 is 1.97 bits per heavy atom. The van der Waals surface area contributed by atoms with E-state index < -0.39 is 5.60 Å². The Labute approximate surface area is 175 Å². The summed E-state index contributed by atoms with van der Waals surface area (Å²) in [6.45, 7) is 6.90. The van der Waals surface area contributed by atoms with Crippen LogP contribution in [0.4, 0.5) is 4.79 Å². The van der Waals surface area contributed by atoms with Gasteiger partial charge in [-0.2, -0.15) is 0 Å². The molecular formula is C23H25N3O4. The first-order valence-corrected chi connectivity index (χ1v) is 9.99. The van der Waals surface area contributed by atoms with Gasteiger partial charge < -0.3 is 18.8 Å². The maximum absolute atomic E-state index is 12.2. The third kappa shape index (κ3) is 4.79. The molecule has 156 valence electrons. The lowest BCUT2D eigenvalue weighted by Gasteiger charge is -2.29. The summed E-state index contributed by atoms with van der Waals surface area (Å²) < 4.78 is 16.9. The molecule has 0 saturated heterocycles. The SMILES string of the molecule is CC(C)(C)OC(=O)N1CC=C(c2cccc(OCc3nc4ccccc4o3)n2)CC1. The van der Waals surface area contributed by atoms with Crippen molar-refractivity contribution >= 4 is 22.8 Å². The molecule has 1 aromatic carbocycles. The number of pyridine rings is 1. The molecule has 2 aromatic heterocycles. The van der Waals surface area contributed by atoms with E-state index in [1.807, 2.05) is 69.3 Å². The Balaban J connectivity index is 1.39. The van der Waals surface area contributed by atoms with Crippen LogP contribution in [0.5, 0.6) is 5.88 Å². The second kappa shape index (κ2) is 8.18. The molecule has 3 aromatic rings. The molecule has 0 unspecified atom stereocenters. The first kappa shape index (κ1) is 19.9. The minimum absolute atomic E-state index is 0.205. The highest BCUT2D eigenvalue weighted by Gasteiger charge is 2.24. The summed E-state index contributed by atoms with van der Waals surface area (Å²) in [4.78, 5) is 22.9. The number of benzene rings is 1. The summed E-state index contributed by atoms with van der Waals surface area (Å²) in [5, 5.41) is 0. The van der Waals surface area contributed by atoms with E-state index in [0.717, 1.165) is 22.4 Å². The van der Waals surface area contributed by atoms with Gasteiger partial charge in [-0.1, -0.05) is 24.3 Å². The number of ether oxygens (including phenoxy) is 2. The van der Waals surface area contributed by atoms with E-state index in [2.05, 4.69) is 9.97 Å². The topological polar surface area (TPSA) is 77.7 Å². The molecule has 0 spiro atoms. The number of rotatable bonds is 4. The van der Waals surface area contributed by atoms with E-state index in [4.69, 9.17) is 13.9 Å². The highest BCUT2D eigenvalue weighted by Crippen LogP contribution is 2.24. The smallest absolute Gasteiger partial charge is 0.410 e. The van der Waals surface area contributed by atoms with Crippen molar-refractivity contribution in [2.24, 2.45) is 0 Å². The Kier molecular flexibility index (Phi) is 5.44. The van der Waals surface area contributed by atoms with Crippen molar-refractivity contribution in [3.8, 4) is 5.88 Å². The molecule has 7 heteroatoms. The number of carbonyl (C=O) groups is 1. The van der Waals surface area contributed by atoms with Gasteiger partial charge in [-0.25, -0.2) is 14.8 Å². The zero-order valence-electron chi connectivity index (χ0n) is 17.4. The zero-order valence-corrected chi connectivity index (χ0v) is 17.4. The Morgan fingerprint density at radius 3 is 2.70 bits per heavy atom. The van der Waals surface area contributed by atoms with Gasteiger partial charge in [0.1, 0.15) is 11.1 Å². The van der Waals surface area contributed by atoms with Crippen LogP contribution in [-0.2, 0) is 11.3 Å². The number of aromatic nitrogens is 2. The van der Waals surface area contributed by atoms with Crippen LogP contribution in [0.25, 0.3) is 16.7 Å². The maximum atomic E-state index is 12.2. The lowest BCUT2D eigenvalue weighted by Crippen LogP contribution is -2.39. The molecule has 3 heterocycles. The van der Waals surface area contributed by atoms with Gasteiger partial charge >= 0.3 is 6.09 Å². The summed E-state index contributed by atoms with van der Waals surface area (Å²) in [6.07, 6.45) is 2.43. The first-order valence-electron chi connectivity index (χ1n) is 9.99. The first-order chi connectivity index (χ1) is 14.4. The van der Waals surface area contributed by atoms with E-state index in [-0.39, 0.29) is 12.7 Å². The largest absolute Gasteiger partial charge is 0.468 e. The van der Waals surface area contributed by atoms with Crippen molar-refractivity contribution in [1.29, 1.82) is 0 Å². The molecule has 1 amide bonds. The molecule has 1 aliphatic rings. The standard InChI is InChI=1S/C23H25N3O4/c1-23(2,3)30-22(27)26-13-11-16(12-14-26)17-8-6-10-20(24-17)28-15-21-25-18-7-4-5-9-19(18)29-21/h4-11H,12-15H2,1-3H3. The summed E-state index contributed by atoms with van der Waals surface area (Å²) in [5.41, 5.74) is 2.97. The lowest BCUT2D eigenvalue weighted by molar-refractivity contribution is 0.0270.